The molecular weight excluding hydrogens is 202 g/mol. The van der Waals surface area contributed by atoms with E-state index in [2.05, 4.69) is 0 Å². The van der Waals surface area contributed by atoms with E-state index in [1.54, 1.807) is 17.8 Å². The van der Waals surface area contributed by atoms with E-state index in [9.17, 15) is 5.11 Å². The lowest BCUT2D eigenvalue weighted by Crippen LogP contribution is -1.86. The summed E-state index contributed by atoms with van der Waals surface area (Å²) in [6.07, 6.45) is 1.99. The molecule has 0 spiro atoms. The first-order chi connectivity index (χ1) is 6.20. The highest BCUT2D eigenvalue weighted by Gasteiger charge is 2.04. The number of rotatable bonds is 1. The van der Waals surface area contributed by atoms with Crippen molar-refractivity contribution in [2.45, 2.75) is 4.90 Å². The van der Waals surface area contributed by atoms with Crippen molar-refractivity contribution in [3.05, 3.63) is 18.2 Å². The van der Waals surface area contributed by atoms with E-state index in [0.29, 0.717) is 5.06 Å². The minimum Gasteiger partial charge on any atom is -0.499 e. The van der Waals surface area contributed by atoms with Crippen LogP contribution in [0.25, 0.3) is 10.1 Å². The van der Waals surface area contributed by atoms with Gasteiger partial charge in [0.15, 0.2) is 5.06 Å². The zero-order chi connectivity index (χ0) is 9.42. The van der Waals surface area contributed by atoms with Crippen molar-refractivity contribution in [3.63, 3.8) is 0 Å². The Bertz CT molecular complexity index is 450. The Hall–Kier alpha value is -0.870. The third kappa shape index (κ3) is 1.47. The Kier molecular flexibility index (Phi) is 2.09. The summed E-state index contributed by atoms with van der Waals surface area (Å²) in [6.45, 7) is 0. The standard InChI is InChI=1S/C9H9NOS2/c1-12-8-4-7-5(2-6(8)10)3-9(11)13-7/h2-4,11H,10H2,1H3. The van der Waals surface area contributed by atoms with Gasteiger partial charge < -0.3 is 10.8 Å². The molecular formula is C9H9NOS2. The van der Waals surface area contributed by atoms with Gasteiger partial charge >= 0.3 is 0 Å². The van der Waals surface area contributed by atoms with Crippen LogP contribution >= 0.6 is 23.1 Å². The van der Waals surface area contributed by atoms with Gasteiger partial charge in [-0.2, -0.15) is 0 Å². The Morgan fingerprint density at radius 2 is 2.15 bits per heavy atom. The van der Waals surface area contributed by atoms with Crippen LogP contribution in [-0.2, 0) is 0 Å². The Morgan fingerprint density at radius 3 is 2.85 bits per heavy atom. The molecule has 1 heterocycles. The van der Waals surface area contributed by atoms with Crippen molar-refractivity contribution in [1.29, 1.82) is 0 Å². The Labute approximate surface area is 84.4 Å². The molecule has 2 aromatic rings. The van der Waals surface area contributed by atoms with Gasteiger partial charge in [-0.25, -0.2) is 0 Å². The van der Waals surface area contributed by atoms with Crippen molar-refractivity contribution in [2.75, 3.05) is 12.0 Å². The fraction of sp³-hybridized carbons (Fsp3) is 0.111. The maximum Gasteiger partial charge on any atom is 0.172 e. The van der Waals surface area contributed by atoms with Gasteiger partial charge in [-0.1, -0.05) is 11.3 Å². The second-order valence-electron chi connectivity index (χ2n) is 2.72. The van der Waals surface area contributed by atoms with Gasteiger partial charge in [0, 0.05) is 15.3 Å². The smallest absolute Gasteiger partial charge is 0.172 e. The molecule has 0 amide bonds. The fourth-order valence-corrected chi connectivity index (χ4v) is 2.68. The summed E-state index contributed by atoms with van der Waals surface area (Å²) in [6, 6.07) is 5.65. The molecule has 1 aromatic heterocycles. The number of hydrogen-bond donors (Lipinski definition) is 2. The van der Waals surface area contributed by atoms with E-state index in [1.165, 1.54) is 11.3 Å². The third-order valence-corrected chi connectivity index (χ3v) is 3.55. The van der Waals surface area contributed by atoms with Crippen molar-refractivity contribution in [3.8, 4) is 5.06 Å². The summed E-state index contributed by atoms with van der Waals surface area (Å²) >= 11 is 3.00. The molecule has 0 atom stereocenters. The highest BCUT2D eigenvalue weighted by Crippen LogP contribution is 2.36. The van der Waals surface area contributed by atoms with Gasteiger partial charge in [0.1, 0.15) is 0 Å². The molecule has 0 aliphatic heterocycles. The zero-order valence-electron chi connectivity index (χ0n) is 7.07. The first-order valence-corrected chi connectivity index (χ1v) is 5.81. The van der Waals surface area contributed by atoms with Gasteiger partial charge in [0.05, 0.1) is 0 Å². The number of thiophene rings is 1. The minimum atomic E-state index is 0.340. The molecule has 0 radical (unpaired) electrons. The summed E-state index contributed by atoms with van der Waals surface area (Å²) in [7, 11) is 0. The molecule has 2 rings (SSSR count). The molecule has 0 fully saturated rings. The fourth-order valence-electron chi connectivity index (χ4n) is 1.25. The first-order valence-electron chi connectivity index (χ1n) is 3.76. The monoisotopic (exact) mass is 211 g/mol. The summed E-state index contributed by atoms with van der Waals surface area (Å²) in [5.41, 5.74) is 6.58. The molecule has 3 N–H and O–H groups in total. The van der Waals surface area contributed by atoms with Crippen molar-refractivity contribution < 1.29 is 5.11 Å². The molecule has 0 aliphatic carbocycles. The first kappa shape index (κ1) is 8.72. The molecule has 13 heavy (non-hydrogen) atoms. The lowest BCUT2D eigenvalue weighted by atomic mass is 10.2. The lowest BCUT2D eigenvalue weighted by molar-refractivity contribution is 0.491. The molecule has 0 saturated heterocycles. The maximum atomic E-state index is 9.28. The van der Waals surface area contributed by atoms with Crippen LogP contribution in [-0.4, -0.2) is 11.4 Å². The predicted octanol–water partition coefficient (Wildman–Crippen LogP) is 2.91. The lowest BCUT2D eigenvalue weighted by Gasteiger charge is -2.00. The van der Waals surface area contributed by atoms with Crippen molar-refractivity contribution in [1.82, 2.24) is 0 Å². The van der Waals surface area contributed by atoms with Crippen LogP contribution in [0.2, 0.25) is 0 Å². The second-order valence-corrected chi connectivity index (χ2v) is 4.63. The SMILES string of the molecule is CSc1cc2sc(O)cc2cc1N. The predicted molar refractivity (Wildman–Crippen MR) is 59.7 cm³/mol. The molecule has 0 saturated carbocycles. The van der Waals surface area contributed by atoms with Gasteiger partial charge in [0.25, 0.3) is 0 Å². The molecule has 1 aromatic carbocycles. The second kappa shape index (κ2) is 3.12. The van der Waals surface area contributed by atoms with Crippen LogP contribution in [0.1, 0.15) is 0 Å². The average molecular weight is 211 g/mol. The summed E-state index contributed by atoms with van der Waals surface area (Å²) in [5.74, 6) is 0. The quantitative estimate of drug-likeness (QED) is 0.563. The molecule has 2 nitrogen and oxygen atoms in total. The van der Waals surface area contributed by atoms with Crippen LogP contribution in [0.3, 0.4) is 0 Å². The highest BCUT2D eigenvalue weighted by molar-refractivity contribution is 7.98. The number of benzene rings is 1. The van der Waals surface area contributed by atoms with E-state index >= 15 is 0 Å². The Morgan fingerprint density at radius 1 is 1.38 bits per heavy atom. The molecule has 4 heteroatoms. The maximum absolute atomic E-state index is 9.28. The van der Waals surface area contributed by atoms with E-state index in [-0.39, 0.29) is 0 Å². The zero-order valence-corrected chi connectivity index (χ0v) is 8.71. The summed E-state index contributed by atoms with van der Waals surface area (Å²) in [5, 5.41) is 10.6. The number of anilines is 1. The molecule has 0 unspecified atom stereocenters. The van der Waals surface area contributed by atoms with Crippen LogP contribution in [0.4, 0.5) is 5.69 Å². The van der Waals surface area contributed by atoms with E-state index < -0.39 is 0 Å². The van der Waals surface area contributed by atoms with Crippen LogP contribution in [0.5, 0.6) is 5.06 Å². The molecule has 0 bridgehead atoms. The Balaban J connectivity index is 2.72. The number of fused-ring (bicyclic) bond motifs is 1. The summed E-state index contributed by atoms with van der Waals surface area (Å²) in [4.78, 5) is 1.06. The van der Waals surface area contributed by atoms with Crippen molar-refractivity contribution in [2.24, 2.45) is 0 Å². The number of nitrogen functional groups attached to an aromatic ring is 1. The number of aromatic hydroxyl groups is 1. The van der Waals surface area contributed by atoms with Gasteiger partial charge in [0.2, 0.25) is 0 Å². The normalized spacial score (nSPS) is 10.8. The minimum absolute atomic E-state index is 0.340. The van der Waals surface area contributed by atoms with Gasteiger partial charge in [-0.15, -0.1) is 11.8 Å². The van der Waals surface area contributed by atoms with Gasteiger partial charge in [-0.3, -0.25) is 0 Å². The highest BCUT2D eigenvalue weighted by atomic mass is 32.2. The van der Waals surface area contributed by atoms with Crippen LogP contribution < -0.4 is 5.73 Å². The largest absolute Gasteiger partial charge is 0.499 e. The van der Waals surface area contributed by atoms with Crippen LogP contribution in [0, 0.1) is 0 Å². The number of hydrogen-bond acceptors (Lipinski definition) is 4. The molecule has 68 valence electrons. The van der Waals surface area contributed by atoms with Gasteiger partial charge in [-0.05, 0) is 29.8 Å². The average Bonchev–Trinajstić information content (AvgIpc) is 2.42. The van der Waals surface area contributed by atoms with Crippen LogP contribution in [0.15, 0.2) is 23.1 Å². The van der Waals surface area contributed by atoms with E-state index in [1.807, 2.05) is 18.4 Å². The molecule has 0 aliphatic rings. The number of nitrogens with two attached hydrogens (primary N) is 1. The number of thioether (sulfide) groups is 1. The summed E-state index contributed by atoms with van der Waals surface area (Å²) < 4.78 is 1.08. The van der Waals surface area contributed by atoms with Crippen molar-refractivity contribution >= 4 is 38.9 Å². The topological polar surface area (TPSA) is 46.2 Å². The third-order valence-electron chi connectivity index (χ3n) is 1.86. The van der Waals surface area contributed by atoms with E-state index in [0.717, 1.165) is 20.7 Å². The van der Waals surface area contributed by atoms with E-state index in [4.69, 9.17) is 5.73 Å².